The molecule has 0 aliphatic carbocycles. The molecule has 0 unspecified atom stereocenters. The van der Waals surface area contributed by atoms with Crippen LogP contribution in [-0.2, 0) is 11.3 Å². The Balaban J connectivity index is 1.76. The average molecular weight is 364 g/mol. The molecule has 7 nitrogen and oxygen atoms in total. The topological polar surface area (TPSA) is 96.0 Å². The molecule has 0 atom stereocenters. The van der Waals surface area contributed by atoms with Crippen molar-refractivity contribution in [2.24, 2.45) is 10.2 Å². The molecule has 0 bridgehead atoms. The molecule has 0 fully saturated rings. The molecule has 2 N–H and O–H groups in total. The van der Waals surface area contributed by atoms with Gasteiger partial charge in [-0.05, 0) is 38.1 Å². The van der Waals surface area contributed by atoms with Crippen LogP contribution in [0.2, 0.25) is 0 Å². The number of rotatable bonds is 5. The van der Waals surface area contributed by atoms with E-state index in [9.17, 15) is 14.7 Å². The van der Waals surface area contributed by atoms with Crippen molar-refractivity contribution in [2.75, 3.05) is 6.54 Å². The number of azo groups is 1. The Morgan fingerprint density at radius 2 is 1.89 bits per heavy atom. The van der Waals surface area contributed by atoms with E-state index in [4.69, 9.17) is 0 Å². The van der Waals surface area contributed by atoms with Gasteiger partial charge in [0.15, 0.2) is 5.69 Å². The highest BCUT2D eigenvalue weighted by Crippen LogP contribution is 2.39. The summed E-state index contributed by atoms with van der Waals surface area (Å²) in [5.41, 5.74) is 2.53. The summed E-state index contributed by atoms with van der Waals surface area (Å²) < 4.78 is 1.70. The quantitative estimate of drug-likeness (QED) is 0.675. The molecule has 2 amide bonds. The summed E-state index contributed by atoms with van der Waals surface area (Å²) in [7, 11) is 0. The maximum absolute atomic E-state index is 12.0. The first-order valence-corrected chi connectivity index (χ1v) is 8.61. The summed E-state index contributed by atoms with van der Waals surface area (Å²) in [6.45, 7) is 4.13. The summed E-state index contributed by atoms with van der Waals surface area (Å²) in [6.07, 6.45) is 0. The van der Waals surface area contributed by atoms with Crippen LogP contribution in [0.5, 0.6) is 5.88 Å². The van der Waals surface area contributed by atoms with Crippen LogP contribution in [0.25, 0.3) is 10.9 Å². The van der Waals surface area contributed by atoms with Crippen molar-refractivity contribution in [3.63, 3.8) is 0 Å². The van der Waals surface area contributed by atoms with E-state index < -0.39 is 5.91 Å². The van der Waals surface area contributed by atoms with Gasteiger partial charge in [0.25, 0.3) is 11.8 Å². The number of hydrogen-bond acceptors (Lipinski definition) is 4. The molecule has 2 aromatic carbocycles. The van der Waals surface area contributed by atoms with Crippen molar-refractivity contribution in [2.45, 2.75) is 20.4 Å². The van der Waals surface area contributed by atoms with Crippen molar-refractivity contribution in [3.8, 4) is 5.88 Å². The average Bonchev–Trinajstić information content (AvgIpc) is 2.95. The SMILES string of the molecule is CCn1c(O)c(N=NC(=O)CNC(=O)c2ccccc2)c2cc(C)ccc21. The van der Waals surface area contributed by atoms with Crippen molar-refractivity contribution in [1.82, 2.24) is 9.88 Å². The first-order chi connectivity index (χ1) is 13.0. The zero-order chi connectivity index (χ0) is 19.4. The number of nitrogens with zero attached hydrogens (tertiary/aromatic N) is 3. The number of nitrogens with one attached hydrogen (secondary N) is 1. The lowest BCUT2D eigenvalue weighted by molar-refractivity contribution is -0.117. The van der Waals surface area contributed by atoms with E-state index in [-0.39, 0.29) is 24.0 Å². The van der Waals surface area contributed by atoms with Gasteiger partial charge in [-0.2, -0.15) is 0 Å². The van der Waals surface area contributed by atoms with E-state index in [1.54, 1.807) is 34.9 Å². The number of carbonyl (C=O) groups is 2. The first kappa shape index (κ1) is 18.3. The lowest BCUT2D eigenvalue weighted by atomic mass is 10.1. The molecule has 0 saturated heterocycles. The standard InChI is InChI=1S/C20H20N4O3/c1-3-24-16-10-9-13(2)11-15(16)18(20(24)27)23-22-17(25)12-21-19(26)14-7-5-4-6-8-14/h4-11,27H,3,12H2,1-2H3,(H,21,26). The monoisotopic (exact) mass is 364 g/mol. The second-order valence-electron chi connectivity index (χ2n) is 6.08. The normalized spacial score (nSPS) is 11.2. The van der Waals surface area contributed by atoms with Gasteiger partial charge in [0.1, 0.15) is 6.54 Å². The molecule has 138 valence electrons. The number of aromatic hydroxyl groups is 1. The van der Waals surface area contributed by atoms with E-state index >= 15 is 0 Å². The van der Waals surface area contributed by atoms with E-state index in [2.05, 4.69) is 15.5 Å². The number of carbonyl (C=O) groups excluding carboxylic acids is 2. The van der Waals surface area contributed by atoms with Gasteiger partial charge in [-0.15, -0.1) is 10.2 Å². The Bertz CT molecular complexity index is 1020. The van der Waals surface area contributed by atoms with Crippen molar-refractivity contribution >= 4 is 28.4 Å². The Kier molecular flexibility index (Phi) is 5.30. The van der Waals surface area contributed by atoms with Gasteiger partial charge < -0.3 is 15.0 Å². The van der Waals surface area contributed by atoms with Crippen LogP contribution < -0.4 is 5.32 Å². The minimum atomic E-state index is -0.608. The van der Waals surface area contributed by atoms with E-state index in [1.165, 1.54) is 0 Å². The summed E-state index contributed by atoms with van der Waals surface area (Å²) in [5, 5.41) is 21.2. The molecule has 0 aliphatic rings. The van der Waals surface area contributed by atoms with E-state index in [1.807, 2.05) is 32.0 Å². The lowest BCUT2D eigenvalue weighted by Crippen LogP contribution is -2.28. The molecule has 1 heterocycles. The van der Waals surface area contributed by atoms with Crippen LogP contribution in [-0.4, -0.2) is 28.0 Å². The van der Waals surface area contributed by atoms with Crippen LogP contribution in [0.4, 0.5) is 5.69 Å². The molecule has 3 rings (SSSR count). The fourth-order valence-electron chi connectivity index (χ4n) is 2.84. The van der Waals surface area contributed by atoms with Crippen LogP contribution in [0.3, 0.4) is 0 Å². The largest absolute Gasteiger partial charge is 0.493 e. The minimum absolute atomic E-state index is 0.0389. The number of aromatic nitrogens is 1. The Morgan fingerprint density at radius 3 is 2.59 bits per heavy atom. The smallest absolute Gasteiger partial charge is 0.283 e. The highest BCUT2D eigenvalue weighted by atomic mass is 16.3. The molecule has 27 heavy (non-hydrogen) atoms. The van der Waals surface area contributed by atoms with Crippen LogP contribution in [0.15, 0.2) is 58.8 Å². The maximum Gasteiger partial charge on any atom is 0.283 e. The first-order valence-electron chi connectivity index (χ1n) is 8.61. The van der Waals surface area contributed by atoms with Crippen LogP contribution in [0.1, 0.15) is 22.8 Å². The molecule has 0 aliphatic heterocycles. The zero-order valence-electron chi connectivity index (χ0n) is 15.1. The number of fused-ring (bicyclic) bond motifs is 1. The van der Waals surface area contributed by atoms with Gasteiger partial charge in [-0.1, -0.05) is 29.8 Å². The van der Waals surface area contributed by atoms with Crippen LogP contribution >= 0.6 is 0 Å². The van der Waals surface area contributed by atoms with Gasteiger partial charge in [-0.25, -0.2) is 0 Å². The summed E-state index contributed by atoms with van der Waals surface area (Å²) in [6, 6.07) is 14.3. The Hall–Kier alpha value is -3.48. The summed E-state index contributed by atoms with van der Waals surface area (Å²) in [4.78, 5) is 23.9. The van der Waals surface area contributed by atoms with Gasteiger partial charge in [0, 0.05) is 17.5 Å². The number of amides is 2. The molecule has 1 aromatic heterocycles. The summed E-state index contributed by atoms with van der Waals surface area (Å²) >= 11 is 0. The minimum Gasteiger partial charge on any atom is -0.493 e. The Labute approximate surface area is 156 Å². The number of benzene rings is 2. The highest BCUT2D eigenvalue weighted by Gasteiger charge is 2.16. The molecular formula is C20H20N4O3. The summed E-state index contributed by atoms with van der Waals surface area (Å²) in [5.74, 6) is -1.01. The van der Waals surface area contributed by atoms with Gasteiger partial charge in [0.05, 0.1) is 5.52 Å². The van der Waals surface area contributed by atoms with Crippen molar-refractivity contribution in [1.29, 1.82) is 0 Å². The van der Waals surface area contributed by atoms with E-state index in [0.717, 1.165) is 16.5 Å². The predicted octanol–water partition coefficient (Wildman–Crippen LogP) is 3.72. The number of hydrogen-bond donors (Lipinski definition) is 2. The Morgan fingerprint density at radius 1 is 1.15 bits per heavy atom. The third kappa shape index (κ3) is 3.87. The van der Waals surface area contributed by atoms with Crippen molar-refractivity contribution in [3.05, 3.63) is 59.7 Å². The predicted molar refractivity (Wildman–Crippen MR) is 102 cm³/mol. The molecule has 7 heteroatoms. The van der Waals surface area contributed by atoms with E-state index in [0.29, 0.717) is 12.1 Å². The second kappa shape index (κ2) is 7.82. The van der Waals surface area contributed by atoms with Crippen LogP contribution in [0, 0.1) is 6.92 Å². The second-order valence-corrected chi connectivity index (χ2v) is 6.08. The molecule has 0 saturated carbocycles. The number of aryl methyl sites for hydroxylation is 2. The van der Waals surface area contributed by atoms with Crippen molar-refractivity contribution < 1.29 is 14.7 Å². The lowest BCUT2D eigenvalue weighted by Gasteiger charge is -2.02. The molecule has 3 aromatic rings. The molecular weight excluding hydrogens is 344 g/mol. The molecule has 0 spiro atoms. The zero-order valence-corrected chi connectivity index (χ0v) is 15.1. The highest BCUT2D eigenvalue weighted by molar-refractivity contribution is 5.97. The third-order valence-electron chi connectivity index (χ3n) is 4.18. The fourth-order valence-corrected chi connectivity index (χ4v) is 2.84. The third-order valence-corrected chi connectivity index (χ3v) is 4.18. The maximum atomic E-state index is 12.0. The fraction of sp³-hybridized carbons (Fsp3) is 0.200. The van der Waals surface area contributed by atoms with Gasteiger partial charge in [-0.3, -0.25) is 9.59 Å². The van der Waals surface area contributed by atoms with Gasteiger partial charge >= 0.3 is 0 Å². The molecule has 0 radical (unpaired) electrons. The van der Waals surface area contributed by atoms with Gasteiger partial charge in [0.2, 0.25) is 5.88 Å².